The van der Waals surface area contributed by atoms with Crippen LogP contribution in [0.1, 0.15) is 26.5 Å². The van der Waals surface area contributed by atoms with Gasteiger partial charge in [-0.05, 0) is 26.1 Å². The van der Waals surface area contributed by atoms with Crippen LogP contribution in [-0.2, 0) is 0 Å². The molecule has 5 heteroatoms. The number of nitrogens with one attached hydrogen (secondary N) is 1. The topological polar surface area (TPSA) is 64.8 Å². The lowest BCUT2D eigenvalue weighted by Crippen LogP contribution is -2.35. The molecule has 1 aromatic carbocycles. The van der Waals surface area contributed by atoms with Crippen LogP contribution in [0.15, 0.2) is 24.3 Å². The molecule has 0 saturated carbocycles. The molecule has 1 atom stereocenters. The molecule has 1 aromatic heterocycles. The second kappa shape index (κ2) is 7.00. The zero-order chi connectivity index (χ0) is 15.2. The third kappa shape index (κ3) is 3.47. The van der Waals surface area contributed by atoms with E-state index in [9.17, 15) is 5.26 Å². The van der Waals surface area contributed by atoms with Gasteiger partial charge in [-0.25, -0.2) is 0 Å². The molecule has 5 nitrogen and oxygen atoms in total. The summed E-state index contributed by atoms with van der Waals surface area (Å²) in [7, 11) is 0. The van der Waals surface area contributed by atoms with Crippen LogP contribution in [0.25, 0.3) is 10.9 Å². The van der Waals surface area contributed by atoms with Gasteiger partial charge in [-0.1, -0.05) is 32.0 Å². The van der Waals surface area contributed by atoms with Gasteiger partial charge in [0.05, 0.1) is 11.2 Å². The minimum atomic E-state index is 0.226. The molecule has 0 spiro atoms. The highest BCUT2D eigenvalue weighted by atomic mass is 15.2. The smallest absolute Gasteiger partial charge is 0.186 e. The number of anilines is 1. The van der Waals surface area contributed by atoms with Crippen LogP contribution in [0.4, 0.5) is 5.69 Å². The zero-order valence-electron chi connectivity index (χ0n) is 12.8. The van der Waals surface area contributed by atoms with Crippen LogP contribution in [0.5, 0.6) is 0 Å². The lowest BCUT2D eigenvalue weighted by molar-refractivity contribution is 0.295. The lowest BCUT2D eigenvalue weighted by Gasteiger charge is -2.24. The second-order valence-electron chi connectivity index (χ2n) is 5.08. The number of fused-ring (bicyclic) bond motifs is 1. The molecule has 2 rings (SSSR count). The van der Waals surface area contributed by atoms with Crippen molar-refractivity contribution in [3.05, 3.63) is 30.0 Å². The fourth-order valence-electron chi connectivity index (χ4n) is 2.44. The van der Waals surface area contributed by atoms with Crippen LogP contribution in [0.3, 0.4) is 0 Å². The summed E-state index contributed by atoms with van der Waals surface area (Å²) in [6.07, 6.45) is 0. The number of benzene rings is 1. The fraction of sp³-hybridized carbons (Fsp3) is 0.438. The number of nitriles is 1. The first kappa shape index (κ1) is 15.2. The van der Waals surface area contributed by atoms with E-state index in [0.29, 0.717) is 5.69 Å². The van der Waals surface area contributed by atoms with Crippen molar-refractivity contribution >= 4 is 16.6 Å². The molecular formula is C16H21N5. The van der Waals surface area contributed by atoms with Gasteiger partial charge in [0, 0.05) is 18.0 Å². The normalized spacial score (nSPS) is 12.3. The predicted molar refractivity (Wildman–Crippen MR) is 85.1 cm³/mol. The van der Waals surface area contributed by atoms with Gasteiger partial charge in [0.25, 0.3) is 0 Å². The molecule has 1 N–H and O–H groups in total. The van der Waals surface area contributed by atoms with E-state index in [1.807, 2.05) is 24.3 Å². The third-order valence-corrected chi connectivity index (χ3v) is 3.59. The van der Waals surface area contributed by atoms with Gasteiger partial charge in [-0.2, -0.15) is 5.26 Å². The Hall–Kier alpha value is -2.19. The molecule has 0 radical (unpaired) electrons. The van der Waals surface area contributed by atoms with Crippen molar-refractivity contribution in [1.29, 1.82) is 5.26 Å². The highest BCUT2D eigenvalue weighted by Gasteiger charge is 2.14. The lowest BCUT2D eigenvalue weighted by atomic mass is 10.1. The maximum atomic E-state index is 9.26. The van der Waals surface area contributed by atoms with Crippen LogP contribution in [0.2, 0.25) is 0 Å². The van der Waals surface area contributed by atoms with Crippen molar-refractivity contribution in [1.82, 2.24) is 15.1 Å². The van der Waals surface area contributed by atoms with Gasteiger partial charge in [-0.3, -0.25) is 0 Å². The van der Waals surface area contributed by atoms with E-state index >= 15 is 0 Å². The standard InChI is InChI=1S/C16H21N5/c1-4-21(5-2)11-12(3)18-16-13-8-6-7-9-14(13)19-20-15(16)10-17/h6-9,12H,4-5,11H2,1-3H3,(H,18,19). The van der Waals surface area contributed by atoms with E-state index in [-0.39, 0.29) is 6.04 Å². The van der Waals surface area contributed by atoms with E-state index in [1.54, 1.807) is 0 Å². The van der Waals surface area contributed by atoms with Gasteiger partial charge in [0.1, 0.15) is 6.07 Å². The van der Waals surface area contributed by atoms with Crippen molar-refractivity contribution in [3.8, 4) is 6.07 Å². The molecule has 1 unspecified atom stereocenters. The third-order valence-electron chi connectivity index (χ3n) is 3.59. The van der Waals surface area contributed by atoms with Crippen molar-refractivity contribution in [3.63, 3.8) is 0 Å². The number of aromatic nitrogens is 2. The van der Waals surface area contributed by atoms with Gasteiger partial charge in [0.2, 0.25) is 0 Å². The first-order chi connectivity index (χ1) is 10.2. The van der Waals surface area contributed by atoms with Crippen molar-refractivity contribution in [2.24, 2.45) is 0 Å². The molecule has 0 amide bonds. The number of likely N-dealkylation sites (N-methyl/N-ethyl adjacent to an activating group) is 1. The first-order valence-corrected chi connectivity index (χ1v) is 7.34. The van der Waals surface area contributed by atoms with Gasteiger partial charge >= 0.3 is 0 Å². The summed E-state index contributed by atoms with van der Waals surface area (Å²) in [6.45, 7) is 9.38. The van der Waals surface area contributed by atoms with Crippen molar-refractivity contribution in [2.45, 2.75) is 26.8 Å². The van der Waals surface area contributed by atoms with E-state index in [1.165, 1.54) is 0 Å². The van der Waals surface area contributed by atoms with Gasteiger partial charge in [-0.15, -0.1) is 10.2 Å². The molecule has 0 aliphatic heterocycles. The Balaban J connectivity index is 2.30. The quantitative estimate of drug-likeness (QED) is 0.883. The second-order valence-corrected chi connectivity index (χ2v) is 5.08. The maximum Gasteiger partial charge on any atom is 0.186 e. The van der Waals surface area contributed by atoms with E-state index in [4.69, 9.17) is 0 Å². The molecule has 0 bridgehead atoms. The average molecular weight is 283 g/mol. The Morgan fingerprint density at radius 2 is 1.95 bits per heavy atom. The van der Waals surface area contributed by atoms with Crippen LogP contribution in [0, 0.1) is 11.3 Å². The minimum Gasteiger partial charge on any atom is -0.378 e. The zero-order valence-corrected chi connectivity index (χ0v) is 12.8. The molecule has 0 saturated heterocycles. The highest BCUT2D eigenvalue weighted by Crippen LogP contribution is 2.24. The van der Waals surface area contributed by atoms with Crippen molar-refractivity contribution in [2.75, 3.05) is 25.0 Å². The predicted octanol–water partition coefficient (Wildman–Crippen LogP) is 2.64. The fourth-order valence-corrected chi connectivity index (χ4v) is 2.44. The van der Waals surface area contributed by atoms with E-state index < -0.39 is 0 Å². The molecule has 1 heterocycles. The van der Waals surface area contributed by atoms with Crippen molar-refractivity contribution < 1.29 is 0 Å². The first-order valence-electron chi connectivity index (χ1n) is 7.34. The Labute approximate surface area is 125 Å². The summed E-state index contributed by atoms with van der Waals surface area (Å²) >= 11 is 0. The summed E-state index contributed by atoms with van der Waals surface area (Å²) in [6, 6.07) is 10.1. The van der Waals surface area contributed by atoms with Crippen LogP contribution < -0.4 is 5.32 Å². The Bertz CT molecular complexity index is 643. The Morgan fingerprint density at radius 3 is 2.62 bits per heavy atom. The molecule has 110 valence electrons. The minimum absolute atomic E-state index is 0.226. The summed E-state index contributed by atoms with van der Waals surface area (Å²) in [4.78, 5) is 2.35. The summed E-state index contributed by atoms with van der Waals surface area (Å²) < 4.78 is 0. The largest absolute Gasteiger partial charge is 0.378 e. The van der Waals surface area contributed by atoms with E-state index in [2.05, 4.69) is 47.3 Å². The maximum absolute atomic E-state index is 9.26. The molecule has 0 aliphatic carbocycles. The van der Waals surface area contributed by atoms with Gasteiger partial charge < -0.3 is 10.2 Å². The SMILES string of the molecule is CCN(CC)CC(C)Nc1c(C#N)nnc2ccccc12. The average Bonchev–Trinajstić information content (AvgIpc) is 2.53. The molecule has 2 aromatic rings. The number of hydrogen-bond donors (Lipinski definition) is 1. The Kier molecular flexibility index (Phi) is 5.07. The number of hydrogen-bond acceptors (Lipinski definition) is 5. The molecule has 0 aliphatic rings. The Morgan fingerprint density at radius 1 is 1.24 bits per heavy atom. The molecular weight excluding hydrogens is 262 g/mol. The number of rotatable bonds is 6. The molecule has 0 fully saturated rings. The van der Waals surface area contributed by atoms with Crippen LogP contribution in [-0.4, -0.2) is 40.8 Å². The van der Waals surface area contributed by atoms with Gasteiger partial charge in [0.15, 0.2) is 5.69 Å². The summed E-state index contributed by atoms with van der Waals surface area (Å²) in [5, 5.41) is 21.7. The molecule has 21 heavy (non-hydrogen) atoms. The highest BCUT2D eigenvalue weighted by molar-refractivity contribution is 5.92. The monoisotopic (exact) mass is 283 g/mol. The summed E-state index contributed by atoms with van der Waals surface area (Å²) in [5.74, 6) is 0. The van der Waals surface area contributed by atoms with E-state index in [0.717, 1.165) is 36.2 Å². The summed E-state index contributed by atoms with van der Waals surface area (Å²) in [5.41, 5.74) is 1.93. The number of nitrogens with zero attached hydrogens (tertiary/aromatic N) is 4. The van der Waals surface area contributed by atoms with Crippen LogP contribution >= 0.6 is 0 Å².